The van der Waals surface area contributed by atoms with Crippen LogP contribution in [0.5, 0.6) is 0 Å². The van der Waals surface area contributed by atoms with Crippen LogP contribution >= 0.6 is 11.6 Å². The minimum Gasteiger partial charge on any atom is -0.322 e. The van der Waals surface area contributed by atoms with Crippen molar-refractivity contribution in [1.29, 1.82) is 0 Å². The molecule has 1 N–H and O–H groups in total. The van der Waals surface area contributed by atoms with E-state index in [0.717, 1.165) is 11.3 Å². The summed E-state index contributed by atoms with van der Waals surface area (Å²) < 4.78 is 0. The van der Waals surface area contributed by atoms with Gasteiger partial charge in [0.1, 0.15) is 0 Å². The van der Waals surface area contributed by atoms with Gasteiger partial charge in [0.15, 0.2) is 0 Å². The maximum Gasteiger partial charge on any atom is 0.257 e. The molecule has 1 amide bonds. The number of amides is 1. The van der Waals surface area contributed by atoms with E-state index in [4.69, 9.17) is 11.6 Å². The molecule has 0 saturated heterocycles. The average Bonchev–Trinajstić information content (AvgIpc) is 2.34. The molecule has 1 aromatic carbocycles. The number of nitrogens with one attached hydrogen (secondary N) is 1. The minimum atomic E-state index is -0.175. The van der Waals surface area contributed by atoms with E-state index < -0.39 is 0 Å². The molecule has 0 atom stereocenters. The number of nitrogens with zero attached hydrogens (tertiary/aromatic N) is 1. The van der Waals surface area contributed by atoms with E-state index >= 15 is 0 Å². The number of hydrogen-bond acceptors (Lipinski definition) is 2. The van der Waals surface area contributed by atoms with Gasteiger partial charge in [-0.15, -0.1) is 0 Å². The first-order valence-corrected chi connectivity index (χ1v) is 5.95. The van der Waals surface area contributed by atoms with Crippen molar-refractivity contribution in [1.82, 2.24) is 4.98 Å². The molecule has 0 spiro atoms. The van der Waals surface area contributed by atoms with Crippen LogP contribution in [0.1, 0.15) is 21.6 Å². The molecule has 0 unspecified atom stereocenters. The Morgan fingerprint density at radius 2 is 2.06 bits per heavy atom. The van der Waals surface area contributed by atoms with Crippen LogP contribution in [-0.2, 0) is 0 Å². The lowest BCUT2D eigenvalue weighted by molar-refractivity contribution is 0.102. The van der Waals surface area contributed by atoms with Gasteiger partial charge in [-0.1, -0.05) is 17.7 Å². The van der Waals surface area contributed by atoms with Crippen molar-refractivity contribution in [3.05, 3.63) is 58.4 Å². The van der Waals surface area contributed by atoms with E-state index in [2.05, 4.69) is 10.3 Å². The van der Waals surface area contributed by atoms with Gasteiger partial charge in [0.25, 0.3) is 5.91 Å². The minimum absolute atomic E-state index is 0.175. The van der Waals surface area contributed by atoms with Gasteiger partial charge in [0.2, 0.25) is 0 Å². The first-order valence-electron chi connectivity index (χ1n) is 5.57. The molecular weight excluding hydrogens is 248 g/mol. The van der Waals surface area contributed by atoms with Crippen LogP contribution in [0.25, 0.3) is 0 Å². The normalized spacial score (nSPS) is 10.2. The van der Waals surface area contributed by atoms with E-state index in [0.29, 0.717) is 16.3 Å². The molecule has 18 heavy (non-hydrogen) atoms. The second kappa shape index (κ2) is 5.19. The Balaban J connectivity index is 2.27. The molecule has 2 rings (SSSR count). The van der Waals surface area contributed by atoms with Crippen molar-refractivity contribution in [3.63, 3.8) is 0 Å². The molecular formula is C14H13ClN2O. The van der Waals surface area contributed by atoms with E-state index in [1.54, 1.807) is 37.4 Å². The smallest absolute Gasteiger partial charge is 0.257 e. The largest absolute Gasteiger partial charge is 0.322 e. The summed E-state index contributed by atoms with van der Waals surface area (Å²) in [6.07, 6.45) is 1.66. The SMILES string of the molecule is Cc1ccc(Cl)cc1NC(=O)c1cccnc1C. The van der Waals surface area contributed by atoms with E-state index in [1.165, 1.54) is 0 Å². The molecule has 92 valence electrons. The summed E-state index contributed by atoms with van der Waals surface area (Å²) in [5, 5.41) is 3.44. The fourth-order valence-electron chi connectivity index (χ4n) is 1.64. The Kier molecular flexibility index (Phi) is 3.63. The lowest BCUT2D eigenvalue weighted by Crippen LogP contribution is -2.14. The molecule has 0 fully saturated rings. The van der Waals surface area contributed by atoms with Crippen LogP contribution in [-0.4, -0.2) is 10.9 Å². The van der Waals surface area contributed by atoms with Gasteiger partial charge in [0, 0.05) is 22.6 Å². The van der Waals surface area contributed by atoms with Gasteiger partial charge < -0.3 is 5.32 Å². The summed E-state index contributed by atoms with van der Waals surface area (Å²) in [7, 11) is 0. The summed E-state index contributed by atoms with van der Waals surface area (Å²) in [6, 6.07) is 8.89. The number of halogens is 1. The molecule has 0 bridgehead atoms. The van der Waals surface area contributed by atoms with Crippen LogP contribution < -0.4 is 5.32 Å². The number of aryl methyl sites for hydroxylation is 2. The summed E-state index contributed by atoms with van der Waals surface area (Å²) in [5.74, 6) is -0.175. The molecule has 0 saturated carbocycles. The van der Waals surface area contributed by atoms with Crippen molar-refractivity contribution < 1.29 is 4.79 Å². The molecule has 4 heteroatoms. The Hall–Kier alpha value is -1.87. The topological polar surface area (TPSA) is 42.0 Å². The van der Waals surface area contributed by atoms with Gasteiger partial charge in [-0.05, 0) is 43.7 Å². The van der Waals surface area contributed by atoms with Crippen molar-refractivity contribution in [2.75, 3.05) is 5.32 Å². The van der Waals surface area contributed by atoms with Crippen LogP contribution in [0.3, 0.4) is 0 Å². The van der Waals surface area contributed by atoms with E-state index in [1.807, 2.05) is 13.0 Å². The molecule has 0 aliphatic heterocycles. The third kappa shape index (κ3) is 2.68. The van der Waals surface area contributed by atoms with Crippen molar-refractivity contribution >= 4 is 23.2 Å². The maximum atomic E-state index is 12.1. The molecule has 0 aliphatic rings. The van der Waals surface area contributed by atoms with Crippen molar-refractivity contribution in [2.45, 2.75) is 13.8 Å². The number of hydrogen-bond donors (Lipinski definition) is 1. The number of benzene rings is 1. The summed E-state index contributed by atoms with van der Waals surface area (Å²) >= 11 is 5.91. The van der Waals surface area contributed by atoms with Gasteiger partial charge in [-0.2, -0.15) is 0 Å². The maximum absolute atomic E-state index is 12.1. The lowest BCUT2D eigenvalue weighted by atomic mass is 10.1. The Labute approximate surface area is 111 Å². The monoisotopic (exact) mass is 260 g/mol. The zero-order chi connectivity index (χ0) is 13.1. The first kappa shape index (κ1) is 12.6. The first-order chi connectivity index (χ1) is 8.58. The van der Waals surface area contributed by atoms with E-state index in [9.17, 15) is 4.79 Å². The number of rotatable bonds is 2. The molecule has 1 aromatic heterocycles. The van der Waals surface area contributed by atoms with Gasteiger partial charge >= 0.3 is 0 Å². The molecule has 3 nitrogen and oxygen atoms in total. The summed E-state index contributed by atoms with van der Waals surface area (Å²) in [6.45, 7) is 3.72. The number of carbonyl (C=O) groups is 1. The van der Waals surface area contributed by atoms with Crippen LogP contribution in [0.2, 0.25) is 5.02 Å². The third-order valence-corrected chi connectivity index (χ3v) is 2.93. The standard InChI is InChI=1S/C14H13ClN2O/c1-9-5-6-11(15)8-13(9)17-14(18)12-4-3-7-16-10(12)2/h3-8H,1-2H3,(H,17,18). The molecule has 1 heterocycles. The highest BCUT2D eigenvalue weighted by molar-refractivity contribution is 6.31. The highest BCUT2D eigenvalue weighted by Crippen LogP contribution is 2.21. The van der Waals surface area contributed by atoms with Gasteiger partial charge in [-0.3, -0.25) is 9.78 Å². The van der Waals surface area contributed by atoms with E-state index in [-0.39, 0.29) is 5.91 Å². The Morgan fingerprint density at radius 3 is 2.78 bits per heavy atom. The van der Waals surface area contributed by atoms with Crippen molar-refractivity contribution in [2.24, 2.45) is 0 Å². The van der Waals surface area contributed by atoms with Crippen LogP contribution in [0, 0.1) is 13.8 Å². The Morgan fingerprint density at radius 1 is 1.28 bits per heavy atom. The molecule has 2 aromatic rings. The predicted octanol–water partition coefficient (Wildman–Crippen LogP) is 3.60. The lowest BCUT2D eigenvalue weighted by Gasteiger charge is -2.09. The second-order valence-corrected chi connectivity index (χ2v) is 4.49. The third-order valence-electron chi connectivity index (χ3n) is 2.70. The summed E-state index contributed by atoms with van der Waals surface area (Å²) in [5.41, 5.74) is 2.96. The van der Waals surface area contributed by atoms with Crippen LogP contribution in [0.4, 0.5) is 5.69 Å². The number of anilines is 1. The Bertz CT molecular complexity index is 596. The van der Waals surface area contributed by atoms with Gasteiger partial charge in [0.05, 0.1) is 5.56 Å². The zero-order valence-corrected chi connectivity index (χ0v) is 11.0. The number of aromatic nitrogens is 1. The van der Waals surface area contributed by atoms with Gasteiger partial charge in [-0.25, -0.2) is 0 Å². The summed E-state index contributed by atoms with van der Waals surface area (Å²) in [4.78, 5) is 16.2. The fourth-order valence-corrected chi connectivity index (χ4v) is 1.81. The quantitative estimate of drug-likeness (QED) is 0.896. The van der Waals surface area contributed by atoms with Crippen molar-refractivity contribution in [3.8, 4) is 0 Å². The fraction of sp³-hybridized carbons (Fsp3) is 0.143. The molecule has 0 aliphatic carbocycles. The number of pyridine rings is 1. The molecule has 0 radical (unpaired) electrons. The average molecular weight is 261 g/mol. The predicted molar refractivity (Wildman–Crippen MR) is 73.1 cm³/mol. The highest BCUT2D eigenvalue weighted by Gasteiger charge is 2.10. The second-order valence-electron chi connectivity index (χ2n) is 4.05. The zero-order valence-electron chi connectivity index (χ0n) is 10.2. The highest BCUT2D eigenvalue weighted by atomic mass is 35.5. The number of carbonyl (C=O) groups excluding carboxylic acids is 1. The van der Waals surface area contributed by atoms with Crippen LogP contribution in [0.15, 0.2) is 36.5 Å².